The lowest BCUT2D eigenvalue weighted by atomic mass is 10.3. The molecule has 13 heavy (non-hydrogen) atoms. The van der Waals surface area contributed by atoms with E-state index in [1.165, 1.54) is 0 Å². The van der Waals surface area contributed by atoms with Crippen molar-refractivity contribution in [2.24, 2.45) is 5.73 Å². The van der Waals surface area contributed by atoms with E-state index in [4.69, 9.17) is 10.5 Å². The van der Waals surface area contributed by atoms with Gasteiger partial charge in [-0.05, 0) is 26.0 Å². The van der Waals surface area contributed by atoms with Crippen molar-refractivity contribution in [2.45, 2.75) is 13.8 Å². The first-order chi connectivity index (χ1) is 5.74. The van der Waals surface area contributed by atoms with Crippen molar-refractivity contribution in [1.29, 1.82) is 0 Å². The number of pyridine rings is 1. The summed E-state index contributed by atoms with van der Waals surface area (Å²) in [6.07, 6.45) is 0. The third kappa shape index (κ3) is 3.61. The van der Waals surface area contributed by atoms with Crippen molar-refractivity contribution < 1.29 is 4.74 Å². The van der Waals surface area contributed by atoms with E-state index < -0.39 is 0 Å². The predicted octanol–water partition coefficient (Wildman–Crippen LogP) is 1.46. The van der Waals surface area contributed by atoms with Gasteiger partial charge in [0.2, 0.25) is 0 Å². The predicted molar refractivity (Wildman–Crippen MR) is 55.5 cm³/mol. The topological polar surface area (TPSA) is 48.1 Å². The van der Waals surface area contributed by atoms with Gasteiger partial charge in [-0.15, -0.1) is 12.4 Å². The molecule has 1 aromatic rings. The van der Waals surface area contributed by atoms with Crippen molar-refractivity contribution in [3.05, 3.63) is 23.5 Å². The Bertz CT molecular complexity index is 266. The number of halogens is 1. The summed E-state index contributed by atoms with van der Waals surface area (Å²) in [5.74, 6) is 0.825. The zero-order chi connectivity index (χ0) is 8.97. The monoisotopic (exact) mass is 202 g/mol. The van der Waals surface area contributed by atoms with Crippen LogP contribution in [0.25, 0.3) is 0 Å². The molecule has 0 spiro atoms. The number of nitrogens with zero attached hydrogens (tertiary/aromatic N) is 1. The number of hydrogen-bond acceptors (Lipinski definition) is 3. The smallest absolute Gasteiger partial charge is 0.140 e. The SMILES string of the molecule is Cc1ccc(OCCN)c(C)n1.Cl. The van der Waals surface area contributed by atoms with Gasteiger partial charge in [-0.2, -0.15) is 0 Å². The zero-order valence-corrected chi connectivity index (χ0v) is 8.73. The first-order valence-corrected chi connectivity index (χ1v) is 4.01. The molecule has 0 aromatic carbocycles. The summed E-state index contributed by atoms with van der Waals surface area (Å²) in [6, 6.07) is 3.85. The normalized spacial score (nSPS) is 9.15. The second-order valence-corrected chi connectivity index (χ2v) is 2.67. The Morgan fingerprint density at radius 3 is 2.62 bits per heavy atom. The van der Waals surface area contributed by atoms with Gasteiger partial charge in [0.1, 0.15) is 12.4 Å². The third-order valence-electron chi connectivity index (χ3n) is 1.55. The molecule has 74 valence electrons. The van der Waals surface area contributed by atoms with Crippen molar-refractivity contribution in [2.75, 3.05) is 13.2 Å². The highest BCUT2D eigenvalue weighted by Gasteiger charge is 1.98. The van der Waals surface area contributed by atoms with Gasteiger partial charge in [-0.25, -0.2) is 0 Å². The summed E-state index contributed by atoms with van der Waals surface area (Å²) in [5.41, 5.74) is 7.24. The molecule has 1 heterocycles. The molecule has 0 aliphatic heterocycles. The van der Waals surface area contributed by atoms with Crippen LogP contribution < -0.4 is 10.5 Å². The van der Waals surface area contributed by atoms with Crippen LogP contribution in [0.3, 0.4) is 0 Å². The Balaban J connectivity index is 0.00000144. The fourth-order valence-electron chi connectivity index (χ4n) is 0.995. The third-order valence-corrected chi connectivity index (χ3v) is 1.55. The molecule has 0 amide bonds. The van der Waals surface area contributed by atoms with Crippen LogP contribution >= 0.6 is 12.4 Å². The second kappa shape index (κ2) is 5.78. The first kappa shape index (κ1) is 12.2. The molecule has 3 nitrogen and oxygen atoms in total. The van der Waals surface area contributed by atoms with Gasteiger partial charge < -0.3 is 10.5 Å². The summed E-state index contributed by atoms with van der Waals surface area (Å²) in [4.78, 5) is 4.26. The maximum atomic E-state index is 5.35. The van der Waals surface area contributed by atoms with Gasteiger partial charge in [0.05, 0.1) is 5.69 Å². The summed E-state index contributed by atoms with van der Waals surface area (Å²) < 4.78 is 5.35. The van der Waals surface area contributed by atoms with E-state index in [9.17, 15) is 0 Å². The zero-order valence-electron chi connectivity index (χ0n) is 7.91. The molecule has 4 heteroatoms. The van der Waals surface area contributed by atoms with Crippen LogP contribution in [0.2, 0.25) is 0 Å². The van der Waals surface area contributed by atoms with Gasteiger partial charge in [0.25, 0.3) is 0 Å². The van der Waals surface area contributed by atoms with Gasteiger partial charge in [-0.3, -0.25) is 4.98 Å². The highest BCUT2D eigenvalue weighted by atomic mass is 35.5. The maximum absolute atomic E-state index is 5.35. The molecule has 1 rings (SSSR count). The van der Waals surface area contributed by atoms with Crippen LogP contribution in [0.15, 0.2) is 12.1 Å². The molecular formula is C9H15ClN2O. The molecule has 0 atom stereocenters. The largest absolute Gasteiger partial charge is 0.490 e. The van der Waals surface area contributed by atoms with Gasteiger partial charge in [-0.1, -0.05) is 0 Å². The van der Waals surface area contributed by atoms with Crippen molar-refractivity contribution in [3.63, 3.8) is 0 Å². The number of aryl methyl sites for hydroxylation is 2. The molecule has 0 unspecified atom stereocenters. The summed E-state index contributed by atoms with van der Waals surface area (Å²) in [5, 5.41) is 0. The van der Waals surface area contributed by atoms with Gasteiger partial charge in [0.15, 0.2) is 0 Å². The maximum Gasteiger partial charge on any atom is 0.140 e. The van der Waals surface area contributed by atoms with Gasteiger partial charge in [0, 0.05) is 12.2 Å². The lowest BCUT2D eigenvalue weighted by molar-refractivity contribution is 0.324. The van der Waals surface area contributed by atoms with Crippen LogP contribution in [0.1, 0.15) is 11.4 Å². The van der Waals surface area contributed by atoms with E-state index in [1.54, 1.807) is 0 Å². The lowest BCUT2D eigenvalue weighted by Crippen LogP contribution is -2.11. The summed E-state index contributed by atoms with van der Waals surface area (Å²) in [6.45, 7) is 4.97. The molecular weight excluding hydrogens is 188 g/mol. The van der Waals surface area contributed by atoms with E-state index in [-0.39, 0.29) is 12.4 Å². The quantitative estimate of drug-likeness (QED) is 0.808. The van der Waals surface area contributed by atoms with Crippen LogP contribution in [0.4, 0.5) is 0 Å². The Morgan fingerprint density at radius 2 is 2.08 bits per heavy atom. The van der Waals surface area contributed by atoms with Crippen LogP contribution in [-0.2, 0) is 0 Å². The molecule has 2 N–H and O–H groups in total. The number of rotatable bonds is 3. The second-order valence-electron chi connectivity index (χ2n) is 2.67. The van der Waals surface area contributed by atoms with Crippen molar-refractivity contribution in [3.8, 4) is 5.75 Å². The fraction of sp³-hybridized carbons (Fsp3) is 0.444. The van der Waals surface area contributed by atoms with E-state index in [1.807, 2.05) is 26.0 Å². The number of nitrogens with two attached hydrogens (primary N) is 1. The molecule has 0 aliphatic carbocycles. The minimum atomic E-state index is 0. The van der Waals surface area contributed by atoms with Crippen molar-refractivity contribution in [1.82, 2.24) is 4.98 Å². The molecule has 0 fully saturated rings. The minimum absolute atomic E-state index is 0. The molecule has 1 aromatic heterocycles. The van der Waals surface area contributed by atoms with E-state index in [2.05, 4.69) is 4.98 Å². The Hall–Kier alpha value is -0.800. The van der Waals surface area contributed by atoms with Gasteiger partial charge >= 0.3 is 0 Å². The summed E-state index contributed by atoms with van der Waals surface area (Å²) >= 11 is 0. The first-order valence-electron chi connectivity index (χ1n) is 4.01. The average molecular weight is 203 g/mol. The molecule has 0 aliphatic rings. The molecule has 0 saturated carbocycles. The Labute approximate surface area is 84.7 Å². The van der Waals surface area contributed by atoms with E-state index in [0.717, 1.165) is 17.1 Å². The molecule has 0 saturated heterocycles. The highest BCUT2D eigenvalue weighted by Crippen LogP contribution is 2.14. The molecule has 0 radical (unpaired) electrons. The molecule has 0 bridgehead atoms. The average Bonchev–Trinajstić information content (AvgIpc) is 2.03. The Morgan fingerprint density at radius 1 is 1.38 bits per heavy atom. The van der Waals surface area contributed by atoms with E-state index >= 15 is 0 Å². The van der Waals surface area contributed by atoms with Crippen LogP contribution in [-0.4, -0.2) is 18.1 Å². The summed E-state index contributed by atoms with van der Waals surface area (Å²) in [7, 11) is 0. The van der Waals surface area contributed by atoms with Crippen molar-refractivity contribution >= 4 is 12.4 Å². The Kier molecular flexibility index (Phi) is 5.42. The standard InChI is InChI=1S/C9H14N2O.ClH/c1-7-3-4-9(8(2)11-7)12-6-5-10;/h3-4H,5-6,10H2,1-2H3;1H. The van der Waals surface area contributed by atoms with Crippen LogP contribution in [0.5, 0.6) is 5.75 Å². The lowest BCUT2D eigenvalue weighted by Gasteiger charge is -2.06. The highest BCUT2D eigenvalue weighted by molar-refractivity contribution is 5.85. The fourth-order valence-corrected chi connectivity index (χ4v) is 0.995. The van der Waals surface area contributed by atoms with Crippen LogP contribution in [0, 0.1) is 13.8 Å². The minimum Gasteiger partial charge on any atom is -0.490 e. The number of hydrogen-bond donors (Lipinski definition) is 1. The number of ether oxygens (including phenoxy) is 1. The number of aromatic nitrogens is 1. The van der Waals surface area contributed by atoms with E-state index in [0.29, 0.717) is 13.2 Å².